The molecule has 210 valence electrons. The van der Waals surface area contributed by atoms with E-state index in [1.807, 2.05) is 25.1 Å². The highest BCUT2D eigenvalue weighted by Gasteiger charge is 2.73. The third kappa shape index (κ3) is 4.49. The number of amides is 3. The number of aryl methyl sites for hydroxylation is 1. The number of hydrogen-bond donors (Lipinski definition) is 2. The van der Waals surface area contributed by atoms with Crippen LogP contribution in [0.25, 0.3) is 0 Å². The fourth-order valence-electron chi connectivity index (χ4n) is 7.42. The van der Waals surface area contributed by atoms with E-state index in [-0.39, 0.29) is 29.9 Å². The van der Waals surface area contributed by atoms with E-state index in [1.54, 1.807) is 17.0 Å². The Kier molecular flexibility index (Phi) is 7.01. The average molecular weight is 556 g/mol. The fourth-order valence-corrected chi connectivity index (χ4v) is 7.60. The number of hydrogen-bond acceptors (Lipinski definition) is 5. The lowest BCUT2D eigenvalue weighted by Crippen LogP contribution is -2.58. The second kappa shape index (κ2) is 10.2. The van der Waals surface area contributed by atoms with Gasteiger partial charge in [0.15, 0.2) is 0 Å². The zero-order valence-corrected chi connectivity index (χ0v) is 23.6. The average Bonchev–Trinajstić information content (AvgIpc) is 3.67. The highest BCUT2D eigenvalue weighted by Crippen LogP contribution is 2.55. The summed E-state index contributed by atoms with van der Waals surface area (Å²) in [5.41, 5.74) is 0.291. The lowest BCUT2D eigenvalue weighted by atomic mass is 9.73. The first-order chi connectivity index (χ1) is 18.7. The molecule has 1 saturated carbocycles. The Hall–Kier alpha value is -2.42. The van der Waals surface area contributed by atoms with Crippen LogP contribution in [0.4, 0.5) is 5.69 Å². The van der Waals surface area contributed by atoms with Crippen LogP contribution in [0.15, 0.2) is 30.4 Å². The number of carbonyl (C=O) groups is 3. The van der Waals surface area contributed by atoms with Gasteiger partial charge in [0.1, 0.15) is 11.6 Å². The first-order valence-electron chi connectivity index (χ1n) is 14.4. The third-order valence-corrected chi connectivity index (χ3v) is 10.2. The van der Waals surface area contributed by atoms with Gasteiger partial charge in [-0.15, -0.1) is 0 Å². The van der Waals surface area contributed by atoms with E-state index < -0.39 is 29.6 Å². The van der Waals surface area contributed by atoms with Gasteiger partial charge < -0.3 is 25.0 Å². The van der Waals surface area contributed by atoms with Gasteiger partial charge in [0.2, 0.25) is 17.7 Å². The number of likely N-dealkylation sites (tertiary alicyclic amines) is 1. The van der Waals surface area contributed by atoms with Crippen LogP contribution < -0.4 is 10.6 Å². The van der Waals surface area contributed by atoms with Crippen molar-refractivity contribution in [2.45, 2.75) is 82.8 Å². The molecule has 2 N–H and O–H groups in total. The minimum absolute atomic E-state index is 0.0457. The molecule has 0 radical (unpaired) electrons. The molecule has 6 rings (SSSR count). The number of halogens is 1. The maximum Gasteiger partial charge on any atom is 0.246 e. The second-order valence-corrected chi connectivity index (χ2v) is 12.6. The molecule has 1 aromatic carbocycles. The predicted molar refractivity (Wildman–Crippen MR) is 147 cm³/mol. The molecule has 1 aliphatic carbocycles. The largest absolute Gasteiger partial charge is 0.376 e. The molecular formula is C30H38ClN3O5. The van der Waals surface area contributed by atoms with Crippen molar-refractivity contribution in [3.05, 3.63) is 40.9 Å². The van der Waals surface area contributed by atoms with Gasteiger partial charge in [-0.2, -0.15) is 0 Å². The Morgan fingerprint density at radius 2 is 1.97 bits per heavy atom. The Balaban J connectivity index is 1.29. The van der Waals surface area contributed by atoms with Crippen LogP contribution in [-0.2, 0) is 23.9 Å². The van der Waals surface area contributed by atoms with E-state index in [9.17, 15) is 14.4 Å². The predicted octanol–water partition coefficient (Wildman–Crippen LogP) is 3.86. The number of ether oxygens (including phenoxy) is 2. The SMILES string of the molecule is Cc1ccc(NC(=O)[C@H]2[C@H]3C=C[C@@]4(O3)[C@H]2C(=O)N(C[C@@H]2CCCO2)[C@@H]4C(=O)N[C@@H]2CCC[C@H](C)[C@H]2C)cc1Cl. The monoisotopic (exact) mass is 555 g/mol. The molecule has 9 heteroatoms. The van der Waals surface area contributed by atoms with Crippen LogP contribution in [0.2, 0.25) is 5.02 Å². The lowest BCUT2D eigenvalue weighted by molar-refractivity contribution is -0.143. The Labute approximate surface area is 234 Å². The van der Waals surface area contributed by atoms with Crippen LogP contribution in [0, 0.1) is 30.6 Å². The molecule has 4 heterocycles. The second-order valence-electron chi connectivity index (χ2n) is 12.2. The quantitative estimate of drug-likeness (QED) is 0.520. The maximum absolute atomic E-state index is 14.1. The minimum atomic E-state index is -1.18. The number of nitrogens with one attached hydrogen (secondary N) is 2. The van der Waals surface area contributed by atoms with Crippen molar-refractivity contribution in [3.63, 3.8) is 0 Å². The standard InChI is InChI=1S/C30H38ClN3O5/c1-16-6-4-8-22(18(16)3)33-28(36)26-30-12-11-23(39-30)24(27(35)32-19-10-9-17(2)21(31)14-19)25(30)29(37)34(26)15-20-7-5-13-38-20/h9-12,14,16,18,20,22-26H,4-8,13,15H2,1-3H3,(H,32,35)(H,33,36)/t16-,18+,20-,22+,23+,24-,25+,26+,30+/m0/s1. The summed E-state index contributed by atoms with van der Waals surface area (Å²) in [4.78, 5) is 43.5. The molecule has 0 aromatic heterocycles. The smallest absolute Gasteiger partial charge is 0.246 e. The van der Waals surface area contributed by atoms with Crippen molar-refractivity contribution in [1.29, 1.82) is 0 Å². The minimum Gasteiger partial charge on any atom is -0.376 e. The van der Waals surface area contributed by atoms with Crippen LogP contribution in [0.5, 0.6) is 0 Å². The van der Waals surface area contributed by atoms with E-state index in [1.165, 1.54) is 0 Å². The summed E-state index contributed by atoms with van der Waals surface area (Å²) in [6.45, 7) is 7.28. The molecule has 0 unspecified atom stereocenters. The number of anilines is 1. The zero-order chi connectivity index (χ0) is 27.5. The van der Waals surface area contributed by atoms with Crippen molar-refractivity contribution in [1.82, 2.24) is 10.2 Å². The highest BCUT2D eigenvalue weighted by atomic mass is 35.5. The maximum atomic E-state index is 14.1. The van der Waals surface area contributed by atoms with Crippen molar-refractivity contribution >= 4 is 35.0 Å². The van der Waals surface area contributed by atoms with Gasteiger partial charge in [-0.05, 0) is 55.7 Å². The highest BCUT2D eigenvalue weighted by molar-refractivity contribution is 6.31. The van der Waals surface area contributed by atoms with Gasteiger partial charge in [0, 0.05) is 29.9 Å². The molecule has 4 aliphatic heterocycles. The summed E-state index contributed by atoms with van der Waals surface area (Å²) in [5.74, 6) is -1.40. The zero-order valence-electron chi connectivity index (χ0n) is 22.8. The van der Waals surface area contributed by atoms with Crippen LogP contribution in [0.1, 0.15) is 51.5 Å². The molecule has 5 aliphatic rings. The van der Waals surface area contributed by atoms with Gasteiger partial charge >= 0.3 is 0 Å². The molecule has 4 fully saturated rings. The van der Waals surface area contributed by atoms with Crippen LogP contribution in [-0.4, -0.2) is 65.7 Å². The Bertz CT molecular complexity index is 1200. The van der Waals surface area contributed by atoms with Crippen LogP contribution >= 0.6 is 11.6 Å². The third-order valence-electron chi connectivity index (χ3n) is 9.82. The molecule has 1 aromatic rings. The lowest BCUT2D eigenvalue weighted by Gasteiger charge is -2.38. The number of rotatable bonds is 6. The molecule has 3 amide bonds. The topological polar surface area (TPSA) is 97.0 Å². The van der Waals surface area contributed by atoms with Gasteiger partial charge in [-0.25, -0.2) is 0 Å². The van der Waals surface area contributed by atoms with Crippen molar-refractivity contribution < 1.29 is 23.9 Å². The summed E-state index contributed by atoms with van der Waals surface area (Å²) < 4.78 is 12.3. The number of benzene rings is 1. The molecule has 39 heavy (non-hydrogen) atoms. The van der Waals surface area contributed by atoms with Gasteiger partial charge in [0.25, 0.3) is 0 Å². The van der Waals surface area contributed by atoms with E-state index in [0.717, 1.165) is 37.7 Å². The Morgan fingerprint density at radius 1 is 1.15 bits per heavy atom. The van der Waals surface area contributed by atoms with E-state index in [2.05, 4.69) is 24.5 Å². The number of nitrogens with zero attached hydrogens (tertiary/aromatic N) is 1. The number of fused-ring (bicyclic) bond motifs is 1. The molecule has 1 spiro atoms. The molecular weight excluding hydrogens is 518 g/mol. The van der Waals surface area contributed by atoms with Crippen molar-refractivity contribution in [2.24, 2.45) is 23.7 Å². The summed E-state index contributed by atoms with van der Waals surface area (Å²) in [7, 11) is 0. The van der Waals surface area contributed by atoms with E-state index in [0.29, 0.717) is 35.7 Å². The van der Waals surface area contributed by atoms with E-state index in [4.69, 9.17) is 21.1 Å². The number of carbonyl (C=O) groups excluding carboxylic acids is 3. The molecule has 8 nitrogen and oxygen atoms in total. The van der Waals surface area contributed by atoms with Crippen LogP contribution in [0.3, 0.4) is 0 Å². The van der Waals surface area contributed by atoms with Crippen molar-refractivity contribution in [2.75, 3.05) is 18.5 Å². The van der Waals surface area contributed by atoms with E-state index >= 15 is 0 Å². The summed E-state index contributed by atoms with van der Waals surface area (Å²) in [5, 5.41) is 6.79. The first-order valence-corrected chi connectivity index (χ1v) is 14.7. The van der Waals surface area contributed by atoms with Gasteiger partial charge in [0.05, 0.1) is 24.0 Å². The molecule has 2 bridgehead atoms. The first kappa shape index (κ1) is 26.8. The molecule has 9 atom stereocenters. The summed E-state index contributed by atoms with van der Waals surface area (Å²) in [6, 6.07) is 4.54. The normalized spacial score (nSPS) is 38.8. The fraction of sp³-hybridized carbons (Fsp3) is 0.633. The van der Waals surface area contributed by atoms with Gasteiger partial charge in [-0.1, -0.05) is 56.5 Å². The van der Waals surface area contributed by atoms with Crippen molar-refractivity contribution in [3.8, 4) is 0 Å². The summed E-state index contributed by atoms with van der Waals surface area (Å²) >= 11 is 6.28. The summed E-state index contributed by atoms with van der Waals surface area (Å²) in [6.07, 6.45) is 7.91. The van der Waals surface area contributed by atoms with Gasteiger partial charge in [-0.3, -0.25) is 14.4 Å². The molecule has 3 saturated heterocycles. The Morgan fingerprint density at radius 3 is 2.72 bits per heavy atom.